The van der Waals surface area contributed by atoms with Gasteiger partial charge in [0.2, 0.25) is 0 Å². The monoisotopic (exact) mass is 308 g/mol. The van der Waals surface area contributed by atoms with Crippen LogP contribution in [0.25, 0.3) is 0 Å². The Morgan fingerprint density at radius 1 is 1.29 bits per heavy atom. The molecule has 0 bridgehead atoms. The van der Waals surface area contributed by atoms with Gasteiger partial charge in [-0.2, -0.15) is 0 Å². The molecule has 0 spiro atoms. The van der Waals surface area contributed by atoms with Gasteiger partial charge in [0, 0.05) is 56.0 Å². The van der Waals surface area contributed by atoms with E-state index in [1.807, 2.05) is 17.0 Å². The van der Waals surface area contributed by atoms with E-state index in [0.717, 1.165) is 51.4 Å². The first-order chi connectivity index (χ1) is 10.2. The number of amides is 2. The van der Waals surface area contributed by atoms with E-state index in [1.54, 1.807) is 12.1 Å². The van der Waals surface area contributed by atoms with Crippen LogP contribution in [0.15, 0.2) is 24.3 Å². The van der Waals surface area contributed by atoms with Crippen LogP contribution in [0, 0.1) is 0 Å². The SMILES string of the molecule is O=C(Nc1cccc(Cl)c1)N1CCC(N2CCNCC2)C1. The number of hydrogen-bond acceptors (Lipinski definition) is 3. The van der Waals surface area contributed by atoms with Crippen molar-refractivity contribution in [3.05, 3.63) is 29.3 Å². The number of urea groups is 1. The molecule has 5 nitrogen and oxygen atoms in total. The highest BCUT2D eigenvalue weighted by atomic mass is 35.5. The van der Waals surface area contributed by atoms with Crippen molar-refractivity contribution in [1.29, 1.82) is 0 Å². The Kier molecular flexibility index (Phi) is 4.63. The summed E-state index contributed by atoms with van der Waals surface area (Å²) in [4.78, 5) is 16.7. The Morgan fingerprint density at radius 3 is 2.86 bits per heavy atom. The van der Waals surface area contributed by atoms with Gasteiger partial charge in [-0.1, -0.05) is 17.7 Å². The number of rotatable bonds is 2. The second-order valence-electron chi connectivity index (χ2n) is 5.61. The third kappa shape index (κ3) is 3.67. The third-order valence-corrected chi connectivity index (χ3v) is 4.43. The highest BCUT2D eigenvalue weighted by molar-refractivity contribution is 6.30. The molecule has 2 fully saturated rings. The van der Waals surface area contributed by atoms with Crippen LogP contribution in [0.2, 0.25) is 5.02 Å². The van der Waals surface area contributed by atoms with Crippen LogP contribution in [-0.2, 0) is 0 Å². The fraction of sp³-hybridized carbons (Fsp3) is 0.533. The van der Waals surface area contributed by atoms with Crippen molar-refractivity contribution in [2.24, 2.45) is 0 Å². The molecule has 0 radical (unpaired) electrons. The van der Waals surface area contributed by atoms with E-state index < -0.39 is 0 Å². The largest absolute Gasteiger partial charge is 0.323 e. The lowest BCUT2D eigenvalue weighted by Crippen LogP contribution is -2.49. The van der Waals surface area contributed by atoms with E-state index in [1.165, 1.54) is 0 Å². The van der Waals surface area contributed by atoms with Crippen LogP contribution >= 0.6 is 11.6 Å². The van der Waals surface area contributed by atoms with Crippen molar-refractivity contribution >= 4 is 23.3 Å². The van der Waals surface area contributed by atoms with Crippen LogP contribution in [0.4, 0.5) is 10.5 Å². The zero-order valence-electron chi connectivity index (χ0n) is 12.0. The van der Waals surface area contributed by atoms with Gasteiger partial charge in [0.1, 0.15) is 0 Å². The molecule has 2 amide bonds. The van der Waals surface area contributed by atoms with E-state index in [0.29, 0.717) is 11.1 Å². The van der Waals surface area contributed by atoms with E-state index >= 15 is 0 Å². The standard InChI is InChI=1S/C15H21ClN4O/c16-12-2-1-3-13(10-12)18-15(21)20-7-4-14(11-20)19-8-5-17-6-9-19/h1-3,10,14,17H,4-9,11H2,(H,18,21). The fourth-order valence-corrected chi connectivity index (χ4v) is 3.23. The molecule has 3 rings (SSSR count). The number of carbonyl (C=O) groups is 1. The van der Waals surface area contributed by atoms with Crippen molar-refractivity contribution in [1.82, 2.24) is 15.1 Å². The summed E-state index contributed by atoms with van der Waals surface area (Å²) in [6, 6.07) is 7.72. The van der Waals surface area contributed by atoms with Crippen LogP contribution in [0.3, 0.4) is 0 Å². The first kappa shape index (κ1) is 14.6. The van der Waals surface area contributed by atoms with Crippen LogP contribution in [0.1, 0.15) is 6.42 Å². The van der Waals surface area contributed by atoms with Gasteiger partial charge in [-0.15, -0.1) is 0 Å². The van der Waals surface area contributed by atoms with Gasteiger partial charge in [-0.05, 0) is 24.6 Å². The van der Waals surface area contributed by atoms with Gasteiger partial charge in [-0.25, -0.2) is 4.79 Å². The molecular weight excluding hydrogens is 288 g/mol. The van der Waals surface area contributed by atoms with E-state index in [4.69, 9.17) is 11.6 Å². The number of carbonyl (C=O) groups excluding carboxylic acids is 1. The maximum atomic E-state index is 12.3. The lowest BCUT2D eigenvalue weighted by atomic mass is 10.2. The van der Waals surface area contributed by atoms with Crippen LogP contribution in [0.5, 0.6) is 0 Å². The van der Waals surface area contributed by atoms with Crippen molar-refractivity contribution < 1.29 is 4.79 Å². The van der Waals surface area contributed by atoms with Crippen molar-refractivity contribution in [2.45, 2.75) is 12.5 Å². The van der Waals surface area contributed by atoms with E-state index in [9.17, 15) is 4.79 Å². The smallest absolute Gasteiger partial charge is 0.321 e. The van der Waals surface area contributed by atoms with Crippen molar-refractivity contribution in [3.8, 4) is 0 Å². The Bertz CT molecular complexity index is 504. The predicted octanol–water partition coefficient (Wildman–Crippen LogP) is 1.85. The van der Waals surface area contributed by atoms with E-state index in [2.05, 4.69) is 15.5 Å². The maximum absolute atomic E-state index is 12.3. The lowest BCUT2D eigenvalue weighted by Gasteiger charge is -2.32. The minimum absolute atomic E-state index is 0.0325. The molecule has 1 aromatic rings. The molecule has 0 saturated carbocycles. The first-order valence-electron chi connectivity index (χ1n) is 7.48. The molecule has 0 aromatic heterocycles. The Labute approximate surface area is 130 Å². The molecule has 2 aliphatic heterocycles. The molecular formula is C15H21ClN4O. The lowest BCUT2D eigenvalue weighted by molar-refractivity contribution is 0.172. The minimum atomic E-state index is -0.0325. The number of likely N-dealkylation sites (tertiary alicyclic amines) is 1. The summed E-state index contributed by atoms with van der Waals surface area (Å²) >= 11 is 5.94. The van der Waals surface area contributed by atoms with Crippen molar-refractivity contribution in [3.63, 3.8) is 0 Å². The summed E-state index contributed by atoms with van der Waals surface area (Å²) in [6.07, 6.45) is 1.06. The van der Waals surface area contributed by atoms with Crippen LogP contribution < -0.4 is 10.6 Å². The minimum Gasteiger partial charge on any atom is -0.323 e. The maximum Gasteiger partial charge on any atom is 0.321 e. The summed E-state index contributed by atoms with van der Waals surface area (Å²) in [5.41, 5.74) is 0.748. The van der Waals surface area contributed by atoms with Gasteiger partial charge in [0.15, 0.2) is 0 Å². The highest BCUT2D eigenvalue weighted by Gasteiger charge is 2.30. The first-order valence-corrected chi connectivity index (χ1v) is 7.86. The number of benzene rings is 1. The summed E-state index contributed by atoms with van der Waals surface area (Å²) in [5, 5.41) is 6.92. The van der Waals surface area contributed by atoms with Gasteiger partial charge < -0.3 is 15.5 Å². The molecule has 21 heavy (non-hydrogen) atoms. The summed E-state index contributed by atoms with van der Waals surface area (Å²) in [7, 11) is 0. The Morgan fingerprint density at radius 2 is 2.10 bits per heavy atom. The number of piperazine rings is 1. The number of nitrogens with one attached hydrogen (secondary N) is 2. The predicted molar refractivity (Wildman–Crippen MR) is 84.9 cm³/mol. The molecule has 2 aliphatic rings. The number of nitrogens with zero attached hydrogens (tertiary/aromatic N) is 2. The average molecular weight is 309 g/mol. The number of anilines is 1. The molecule has 2 saturated heterocycles. The normalized spacial score (nSPS) is 23.3. The average Bonchev–Trinajstić information content (AvgIpc) is 2.98. The second-order valence-corrected chi connectivity index (χ2v) is 6.05. The molecule has 1 aromatic carbocycles. The molecule has 6 heteroatoms. The van der Waals surface area contributed by atoms with Gasteiger partial charge in [0.25, 0.3) is 0 Å². The zero-order chi connectivity index (χ0) is 14.7. The second kappa shape index (κ2) is 6.64. The molecule has 114 valence electrons. The molecule has 1 atom stereocenters. The topological polar surface area (TPSA) is 47.6 Å². The van der Waals surface area contributed by atoms with Gasteiger partial charge in [0.05, 0.1) is 0 Å². The molecule has 2 N–H and O–H groups in total. The fourth-order valence-electron chi connectivity index (χ4n) is 3.04. The summed E-state index contributed by atoms with van der Waals surface area (Å²) in [5.74, 6) is 0. The summed E-state index contributed by atoms with van der Waals surface area (Å²) < 4.78 is 0. The molecule has 2 heterocycles. The van der Waals surface area contributed by atoms with E-state index in [-0.39, 0.29) is 6.03 Å². The third-order valence-electron chi connectivity index (χ3n) is 4.19. The van der Waals surface area contributed by atoms with Crippen molar-refractivity contribution in [2.75, 3.05) is 44.6 Å². The van der Waals surface area contributed by atoms with Gasteiger partial charge in [-0.3, -0.25) is 4.90 Å². The highest BCUT2D eigenvalue weighted by Crippen LogP contribution is 2.19. The number of hydrogen-bond donors (Lipinski definition) is 2. The van der Waals surface area contributed by atoms with Crippen LogP contribution in [-0.4, -0.2) is 61.1 Å². The Balaban J connectivity index is 1.54. The quantitative estimate of drug-likeness (QED) is 0.876. The summed E-state index contributed by atoms with van der Waals surface area (Å²) in [6.45, 7) is 5.88. The Hall–Kier alpha value is -1.30. The number of halogens is 1. The van der Waals surface area contributed by atoms with Gasteiger partial charge >= 0.3 is 6.03 Å². The zero-order valence-corrected chi connectivity index (χ0v) is 12.8. The molecule has 1 unspecified atom stereocenters. The molecule has 0 aliphatic carbocycles.